The zero-order valence-corrected chi connectivity index (χ0v) is 17.5. The van der Waals surface area contributed by atoms with Gasteiger partial charge in [0.25, 0.3) is 5.91 Å². The van der Waals surface area contributed by atoms with Crippen LogP contribution >= 0.6 is 0 Å². The van der Waals surface area contributed by atoms with Crippen LogP contribution in [0.3, 0.4) is 0 Å². The number of aryl methyl sites for hydroxylation is 1. The zero-order valence-electron chi connectivity index (χ0n) is 17.5. The number of hydrogen-bond acceptors (Lipinski definition) is 6. The van der Waals surface area contributed by atoms with E-state index >= 15 is 0 Å². The minimum Gasteiger partial charge on any atom is -0.343 e. The average Bonchev–Trinajstić information content (AvgIpc) is 2.93. The highest BCUT2D eigenvalue weighted by molar-refractivity contribution is 6.12. The molecule has 152 valence electrons. The van der Waals surface area contributed by atoms with Gasteiger partial charge in [-0.2, -0.15) is 0 Å². The van der Waals surface area contributed by atoms with Gasteiger partial charge in [-0.1, -0.05) is 12.1 Å². The highest BCUT2D eigenvalue weighted by Gasteiger charge is 2.45. The molecule has 8 heteroatoms. The lowest BCUT2D eigenvalue weighted by atomic mass is 9.85. The predicted octanol–water partition coefficient (Wildman–Crippen LogP) is 2.90. The van der Waals surface area contributed by atoms with E-state index in [1.54, 1.807) is 31.4 Å². The molecule has 0 aliphatic carbocycles. The Hall–Kier alpha value is -3.68. The molecule has 3 heterocycles. The van der Waals surface area contributed by atoms with E-state index in [0.29, 0.717) is 11.6 Å². The van der Waals surface area contributed by atoms with Gasteiger partial charge in [-0.05, 0) is 38.0 Å². The summed E-state index contributed by atoms with van der Waals surface area (Å²) in [5.41, 5.74) is 2.91. The molecule has 0 fully saturated rings. The van der Waals surface area contributed by atoms with Crippen molar-refractivity contribution in [2.45, 2.75) is 26.2 Å². The summed E-state index contributed by atoms with van der Waals surface area (Å²) >= 11 is 0. The molecule has 0 N–H and O–H groups in total. The minimum absolute atomic E-state index is 0.101. The van der Waals surface area contributed by atoms with E-state index in [4.69, 9.17) is 0 Å². The Morgan fingerprint density at radius 1 is 0.967 bits per heavy atom. The van der Waals surface area contributed by atoms with Gasteiger partial charge in [-0.25, -0.2) is 19.9 Å². The van der Waals surface area contributed by atoms with Crippen molar-refractivity contribution in [2.24, 2.45) is 0 Å². The van der Waals surface area contributed by atoms with Gasteiger partial charge in [0.2, 0.25) is 5.91 Å². The maximum absolute atomic E-state index is 13.3. The number of fused-ring (bicyclic) bond motifs is 1. The number of nitrogens with zero attached hydrogens (tertiary/aromatic N) is 6. The first-order valence-electron chi connectivity index (χ1n) is 9.52. The Morgan fingerprint density at radius 3 is 2.27 bits per heavy atom. The summed E-state index contributed by atoms with van der Waals surface area (Å²) in [6, 6.07) is 5.87. The quantitative estimate of drug-likeness (QED) is 0.669. The summed E-state index contributed by atoms with van der Waals surface area (Å²) in [7, 11) is 3.30. The summed E-state index contributed by atoms with van der Waals surface area (Å²) in [6.45, 7) is 5.61. The molecular formula is C22H22N6O2. The first-order chi connectivity index (χ1) is 14.2. The van der Waals surface area contributed by atoms with Gasteiger partial charge < -0.3 is 4.90 Å². The molecule has 0 saturated heterocycles. The number of rotatable bonds is 3. The third-order valence-electron chi connectivity index (χ3n) is 5.26. The number of amides is 2. The largest absolute Gasteiger partial charge is 0.343 e. The van der Waals surface area contributed by atoms with Crippen LogP contribution in [0.5, 0.6) is 0 Å². The lowest BCUT2D eigenvalue weighted by Crippen LogP contribution is -2.33. The monoisotopic (exact) mass is 402 g/mol. The van der Waals surface area contributed by atoms with Gasteiger partial charge >= 0.3 is 0 Å². The van der Waals surface area contributed by atoms with Crippen molar-refractivity contribution in [3.05, 3.63) is 60.1 Å². The van der Waals surface area contributed by atoms with Gasteiger partial charge in [0.15, 0.2) is 5.82 Å². The Bertz CT molecular complexity index is 1140. The fraction of sp³-hybridized carbons (Fsp3) is 0.273. The normalized spacial score (nSPS) is 14.6. The van der Waals surface area contributed by atoms with Gasteiger partial charge in [-0.3, -0.25) is 14.5 Å². The highest BCUT2D eigenvalue weighted by atomic mass is 16.2. The fourth-order valence-electron chi connectivity index (χ4n) is 3.47. The second kappa shape index (κ2) is 6.98. The van der Waals surface area contributed by atoms with Crippen molar-refractivity contribution in [3.63, 3.8) is 0 Å². The average molecular weight is 402 g/mol. The molecule has 4 rings (SSSR count). The molecule has 2 aromatic heterocycles. The number of carbonyl (C=O) groups excluding carboxylic acids is 2. The van der Waals surface area contributed by atoms with Gasteiger partial charge in [0, 0.05) is 32.1 Å². The SMILES string of the molecule is Cc1ncc(-c2ccc3c(c2)N(c2cnc(C(=O)N(C)C)cn2)C(=O)C3(C)C)cn1. The third-order valence-corrected chi connectivity index (χ3v) is 5.26. The minimum atomic E-state index is -0.711. The van der Waals surface area contributed by atoms with Crippen LogP contribution in [0.1, 0.15) is 35.7 Å². The molecule has 3 aromatic rings. The molecule has 1 aromatic carbocycles. The number of benzene rings is 1. The molecule has 2 amide bonds. The number of hydrogen-bond donors (Lipinski definition) is 0. The molecule has 0 saturated carbocycles. The van der Waals surface area contributed by atoms with Crippen LogP contribution in [-0.2, 0) is 10.2 Å². The van der Waals surface area contributed by atoms with Crippen LogP contribution in [0, 0.1) is 6.92 Å². The molecule has 30 heavy (non-hydrogen) atoms. The Kier molecular flexibility index (Phi) is 4.57. The van der Waals surface area contributed by atoms with Crippen molar-refractivity contribution < 1.29 is 9.59 Å². The van der Waals surface area contributed by atoms with Crippen molar-refractivity contribution in [1.29, 1.82) is 0 Å². The van der Waals surface area contributed by atoms with E-state index in [2.05, 4.69) is 19.9 Å². The van der Waals surface area contributed by atoms with Crippen molar-refractivity contribution >= 4 is 23.3 Å². The molecule has 1 aliphatic rings. The van der Waals surface area contributed by atoms with E-state index in [1.807, 2.05) is 39.0 Å². The fourth-order valence-corrected chi connectivity index (χ4v) is 3.47. The first kappa shape index (κ1) is 19.6. The van der Waals surface area contributed by atoms with E-state index in [-0.39, 0.29) is 17.5 Å². The van der Waals surface area contributed by atoms with Crippen molar-refractivity contribution in [1.82, 2.24) is 24.8 Å². The third kappa shape index (κ3) is 3.10. The van der Waals surface area contributed by atoms with Gasteiger partial charge in [0.05, 0.1) is 23.5 Å². The Morgan fingerprint density at radius 2 is 1.67 bits per heavy atom. The molecule has 0 atom stereocenters. The Balaban J connectivity index is 1.79. The number of anilines is 2. The van der Waals surface area contributed by atoms with Crippen LogP contribution in [0.2, 0.25) is 0 Å². The molecule has 0 radical (unpaired) electrons. The predicted molar refractivity (Wildman–Crippen MR) is 112 cm³/mol. The van der Waals surface area contributed by atoms with E-state index in [1.165, 1.54) is 17.3 Å². The van der Waals surface area contributed by atoms with Crippen LogP contribution in [0.25, 0.3) is 11.1 Å². The van der Waals surface area contributed by atoms with Crippen molar-refractivity contribution in [3.8, 4) is 11.1 Å². The van der Waals surface area contributed by atoms with Crippen LogP contribution < -0.4 is 4.90 Å². The lowest BCUT2D eigenvalue weighted by molar-refractivity contribution is -0.121. The summed E-state index contributed by atoms with van der Waals surface area (Å²) < 4.78 is 0. The molecular weight excluding hydrogens is 380 g/mol. The van der Waals surface area contributed by atoms with Crippen LogP contribution in [-0.4, -0.2) is 50.7 Å². The van der Waals surface area contributed by atoms with Gasteiger partial charge in [-0.15, -0.1) is 0 Å². The van der Waals surface area contributed by atoms with Crippen molar-refractivity contribution in [2.75, 3.05) is 19.0 Å². The standard InChI is InChI=1S/C22H22N6O2/c1-13-23-9-15(10-24-13)14-6-7-16-18(8-14)28(21(30)22(16,2)3)19-12-25-17(11-26-19)20(29)27(4)5/h6-12H,1-5H3. The molecule has 1 aliphatic heterocycles. The lowest BCUT2D eigenvalue weighted by Gasteiger charge is -2.19. The van der Waals surface area contributed by atoms with Gasteiger partial charge in [0.1, 0.15) is 11.5 Å². The highest BCUT2D eigenvalue weighted by Crippen LogP contribution is 2.46. The second-order valence-electron chi connectivity index (χ2n) is 7.98. The maximum Gasteiger partial charge on any atom is 0.273 e. The van der Waals surface area contributed by atoms with Crippen LogP contribution in [0.15, 0.2) is 43.0 Å². The second-order valence-corrected chi connectivity index (χ2v) is 7.98. The Labute approximate surface area is 174 Å². The van der Waals surface area contributed by atoms with E-state index in [9.17, 15) is 9.59 Å². The van der Waals surface area contributed by atoms with E-state index in [0.717, 1.165) is 22.4 Å². The molecule has 0 bridgehead atoms. The summed E-state index contributed by atoms with van der Waals surface area (Å²) in [5.74, 6) is 0.722. The molecule has 0 spiro atoms. The smallest absolute Gasteiger partial charge is 0.273 e. The maximum atomic E-state index is 13.3. The summed E-state index contributed by atoms with van der Waals surface area (Å²) in [4.78, 5) is 45.5. The molecule has 8 nitrogen and oxygen atoms in total. The van der Waals surface area contributed by atoms with E-state index < -0.39 is 5.41 Å². The topological polar surface area (TPSA) is 92.2 Å². The number of aromatic nitrogens is 4. The molecule has 0 unspecified atom stereocenters. The summed E-state index contributed by atoms with van der Waals surface area (Å²) in [5, 5.41) is 0. The summed E-state index contributed by atoms with van der Waals surface area (Å²) in [6.07, 6.45) is 6.38. The van der Waals surface area contributed by atoms with Crippen LogP contribution in [0.4, 0.5) is 11.5 Å². The first-order valence-corrected chi connectivity index (χ1v) is 9.52. The number of carbonyl (C=O) groups is 2. The zero-order chi connectivity index (χ0) is 21.6.